The summed E-state index contributed by atoms with van der Waals surface area (Å²) in [7, 11) is 0. The molecule has 142 valence electrons. The van der Waals surface area contributed by atoms with Gasteiger partial charge in [-0.25, -0.2) is 0 Å². The van der Waals surface area contributed by atoms with Crippen molar-refractivity contribution >= 4 is 5.91 Å². The first-order valence-electron chi connectivity index (χ1n) is 10.3. The largest absolute Gasteiger partial charge is 0.334 e. The summed E-state index contributed by atoms with van der Waals surface area (Å²) in [5, 5.41) is 0. The molecule has 0 saturated carbocycles. The quantitative estimate of drug-likeness (QED) is 0.819. The van der Waals surface area contributed by atoms with Crippen LogP contribution in [-0.2, 0) is 0 Å². The van der Waals surface area contributed by atoms with Gasteiger partial charge in [-0.3, -0.25) is 9.78 Å². The lowest BCUT2D eigenvalue weighted by atomic mass is 9.99. The first kappa shape index (κ1) is 18.2. The molecular formula is C23H29N3O. The van der Waals surface area contributed by atoms with E-state index in [4.69, 9.17) is 0 Å². The molecule has 2 fully saturated rings. The number of likely N-dealkylation sites (tertiary alicyclic amines) is 2. The van der Waals surface area contributed by atoms with Crippen molar-refractivity contribution in [1.29, 1.82) is 0 Å². The Balaban J connectivity index is 1.47. The molecule has 0 aliphatic carbocycles. The molecule has 0 bridgehead atoms. The highest BCUT2D eigenvalue weighted by Gasteiger charge is 2.29. The number of carbonyl (C=O) groups is 1. The molecule has 0 N–H and O–H groups in total. The van der Waals surface area contributed by atoms with E-state index in [9.17, 15) is 4.79 Å². The number of nitrogens with zero attached hydrogens (tertiary/aromatic N) is 3. The number of aromatic nitrogens is 1. The van der Waals surface area contributed by atoms with Crippen LogP contribution in [0.15, 0.2) is 42.6 Å². The van der Waals surface area contributed by atoms with Crippen molar-refractivity contribution < 1.29 is 4.79 Å². The Hall–Kier alpha value is -2.20. The zero-order valence-electron chi connectivity index (χ0n) is 16.2. The van der Waals surface area contributed by atoms with Crippen molar-refractivity contribution in [3.63, 3.8) is 0 Å². The van der Waals surface area contributed by atoms with E-state index in [2.05, 4.69) is 20.9 Å². The molecule has 1 atom stereocenters. The fourth-order valence-corrected chi connectivity index (χ4v) is 4.33. The van der Waals surface area contributed by atoms with Crippen molar-refractivity contribution in [2.45, 2.75) is 45.1 Å². The van der Waals surface area contributed by atoms with Crippen molar-refractivity contribution in [3.05, 3.63) is 53.9 Å². The molecule has 0 spiro atoms. The number of rotatable bonds is 4. The maximum absolute atomic E-state index is 13.2. The second-order valence-electron chi connectivity index (χ2n) is 7.92. The summed E-state index contributed by atoms with van der Waals surface area (Å²) in [4.78, 5) is 22.2. The molecule has 3 heterocycles. The van der Waals surface area contributed by atoms with Gasteiger partial charge in [-0.1, -0.05) is 18.2 Å². The molecule has 4 nitrogen and oxygen atoms in total. The van der Waals surface area contributed by atoms with Gasteiger partial charge in [0.25, 0.3) is 5.91 Å². The van der Waals surface area contributed by atoms with Crippen molar-refractivity contribution in [1.82, 2.24) is 14.8 Å². The van der Waals surface area contributed by atoms with E-state index in [1.165, 1.54) is 32.4 Å². The topological polar surface area (TPSA) is 36.4 Å². The zero-order valence-corrected chi connectivity index (χ0v) is 16.2. The van der Waals surface area contributed by atoms with Gasteiger partial charge in [0.2, 0.25) is 0 Å². The minimum atomic E-state index is 0.187. The number of carbonyl (C=O) groups excluding carboxylic acids is 1. The number of amides is 1. The Labute approximate surface area is 162 Å². The maximum Gasteiger partial charge on any atom is 0.254 e. The van der Waals surface area contributed by atoms with Crippen LogP contribution in [0.3, 0.4) is 0 Å². The third kappa shape index (κ3) is 4.22. The second-order valence-corrected chi connectivity index (χ2v) is 7.92. The van der Waals surface area contributed by atoms with Gasteiger partial charge in [-0.05, 0) is 75.9 Å². The van der Waals surface area contributed by atoms with Gasteiger partial charge in [0, 0.05) is 42.1 Å². The van der Waals surface area contributed by atoms with Crippen LogP contribution in [0, 0.1) is 6.92 Å². The van der Waals surface area contributed by atoms with E-state index in [0.29, 0.717) is 6.04 Å². The predicted octanol–water partition coefficient (Wildman–Crippen LogP) is 4.15. The van der Waals surface area contributed by atoms with E-state index in [-0.39, 0.29) is 5.91 Å². The number of aryl methyl sites for hydroxylation is 1. The molecule has 2 saturated heterocycles. The summed E-state index contributed by atoms with van der Waals surface area (Å²) >= 11 is 0. The highest BCUT2D eigenvalue weighted by molar-refractivity contribution is 5.95. The maximum atomic E-state index is 13.2. The van der Waals surface area contributed by atoms with E-state index >= 15 is 0 Å². The highest BCUT2D eigenvalue weighted by Crippen LogP contribution is 2.24. The molecule has 1 aromatic heterocycles. The van der Waals surface area contributed by atoms with Crippen LogP contribution in [0.25, 0.3) is 11.1 Å². The van der Waals surface area contributed by atoms with Crippen LogP contribution in [0.2, 0.25) is 0 Å². The lowest BCUT2D eigenvalue weighted by Gasteiger charge is -2.38. The molecule has 2 aliphatic heterocycles. The van der Waals surface area contributed by atoms with Gasteiger partial charge in [-0.2, -0.15) is 0 Å². The van der Waals surface area contributed by atoms with E-state index in [1.807, 2.05) is 43.5 Å². The molecule has 1 aromatic carbocycles. The summed E-state index contributed by atoms with van der Waals surface area (Å²) in [6.45, 7) is 6.30. The molecule has 2 aromatic rings. The van der Waals surface area contributed by atoms with Gasteiger partial charge >= 0.3 is 0 Å². The SMILES string of the molecule is Cc1ccc(-c2ccc(C(=O)N3CCCCC3CN3CCCC3)cc2)cn1. The zero-order chi connectivity index (χ0) is 18.6. The Morgan fingerprint density at radius 1 is 0.963 bits per heavy atom. The van der Waals surface area contributed by atoms with Crippen LogP contribution in [0.5, 0.6) is 0 Å². The molecule has 0 radical (unpaired) electrons. The van der Waals surface area contributed by atoms with E-state index in [1.54, 1.807) is 0 Å². The molecular weight excluding hydrogens is 334 g/mol. The molecule has 4 rings (SSSR count). The standard InChI is InChI=1S/C23H29N3O/c1-18-7-8-21(16-24-18)19-9-11-20(12-10-19)23(27)26-15-3-2-6-22(26)17-25-13-4-5-14-25/h7-12,16,22H,2-6,13-15,17H2,1H3. The van der Waals surface area contributed by atoms with Crippen LogP contribution < -0.4 is 0 Å². The van der Waals surface area contributed by atoms with Crippen molar-refractivity contribution in [2.75, 3.05) is 26.2 Å². The first-order valence-corrected chi connectivity index (χ1v) is 10.3. The minimum Gasteiger partial charge on any atom is -0.334 e. The third-order valence-electron chi connectivity index (χ3n) is 5.93. The Bertz CT molecular complexity index is 763. The minimum absolute atomic E-state index is 0.187. The van der Waals surface area contributed by atoms with E-state index in [0.717, 1.165) is 48.3 Å². The molecule has 4 heteroatoms. The summed E-state index contributed by atoms with van der Waals surface area (Å²) < 4.78 is 0. The van der Waals surface area contributed by atoms with Crippen LogP contribution in [0.4, 0.5) is 0 Å². The van der Waals surface area contributed by atoms with Crippen LogP contribution >= 0.6 is 0 Å². The van der Waals surface area contributed by atoms with Gasteiger partial charge < -0.3 is 9.80 Å². The highest BCUT2D eigenvalue weighted by atomic mass is 16.2. The molecule has 1 amide bonds. The molecule has 2 aliphatic rings. The average Bonchev–Trinajstić information content (AvgIpc) is 3.22. The monoisotopic (exact) mass is 363 g/mol. The Morgan fingerprint density at radius 3 is 2.37 bits per heavy atom. The van der Waals surface area contributed by atoms with Gasteiger partial charge in [-0.15, -0.1) is 0 Å². The van der Waals surface area contributed by atoms with Crippen LogP contribution in [-0.4, -0.2) is 52.9 Å². The Morgan fingerprint density at radius 2 is 1.67 bits per heavy atom. The van der Waals surface area contributed by atoms with Gasteiger partial charge in [0.15, 0.2) is 0 Å². The smallest absolute Gasteiger partial charge is 0.254 e. The number of hydrogen-bond donors (Lipinski definition) is 0. The van der Waals surface area contributed by atoms with E-state index < -0.39 is 0 Å². The summed E-state index contributed by atoms with van der Waals surface area (Å²) in [5.41, 5.74) is 4.00. The number of benzene rings is 1. The Kier molecular flexibility index (Phi) is 5.53. The van der Waals surface area contributed by atoms with Crippen molar-refractivity contribution in [2.24, 2.45) is 0 Å². The number of pyridine rings is 1. The van der Waals surface area contributed by atoms with Gasteiger partial charge in [0.05, 0.1) is 0 Å². The van der Waals surface area contributed by atoms with Crippen LogP contribution in [0.1, 0.15) is 48.2 Å². The lowest BCUT2D eigenvalue weighted by Crippen LogP contribution is -2.49. The number of hydrogen-bond acceptors (Lipinski definition) is 3. The fourth-order valence-electron chi connectivity index (χ4n) is 4.33. The van der Waals surface area contributed by atoms with Gasteiger partial charge in [0.1, 0.15) is 0 Å². The second kappa shape index (κ2) is 8.22. The number of piperidine rings is 1. The van der Waals surface area contributed by atoms with Crippen molar-refractivity contribution in [3.8, 4) is 11.1 Å². The summed E-state index contributed by atoms with van der Waals surface area (Å²) in [6.07, 6.45) is 7.99. The third-order valence-corrected chi connectivity index (χ3v) is 5.93. The lowest BCUT2D eigenvalue weighted by molar-refractivity contribution is 0.0560. The molecule has 1 unspecified atom stereocenters. The molecule has 27 heavy (non-hydrogen) atoms. The first-order chi connectivity index (χ1) is 13.2. The average molecular weight is 364 g/mol. The summed E-state index contributed by atoms with van der Waals surface area (Å²) in [5.74, 6) is 0.187. The summed E-state index contributed by atoms with van der Waals surface area (Å²) in [6, 6.07) is 12.5. The normalized spacial score (nSPS) is 20.8. The fraction of sp³-hybridized carbons (Fsp3) is 0.478. The predicted molar refractivity (Wildman–Crippen MR) is 109 cm³/mol.